The van der Waals surface area contributed by atoms with E-state index in [1.165, 1.54) is 12.1 Å². The summed E-state index contributed by atoms with van der Waals surface area (Å²) in [5.74, 6) is -0.177. The first-order valence-electron chi connectivity index (χ1n) is 8.30. The number of halogens is 1. The lowest BCUT2D eigenvalue weighted by Gasteiger charge is -2.13. The fourth-order valence-electron chi connectivity index (χ4n) is 2.63. The molecule has 0 saturated heterocycles. The Balaban J connectivity index is 1.61. The van der Waals surface area contributed by atoms with Gasteiger partial charge in [-0.25, -0.2) is 4.79 Å². The summed E-state index contributed by atoms with van der Waals surface area (Å²) in [6, 6.07) is 13.5. The second kappa shape index (κ2) is 8.24. The number of benzene rings is 2. The Morgan fingerprint density at radius 1 is 1.26 bits per heavy atom. The Morgan fingerprint density at radius 3 is 2.74 bits per heavy atom. The average Bonchev–Trinajstić information content (AvgIpc) is 2.65. The minimum atomic E-state index is -0.809. The van der Waals surface area contributed by atoms with Gasteiger partial charge in [-0.3, -0.25) is 4.79 Å². The monoisotopic (exact) mass is 387 g/mol. The summed E-state index contributed by atoms with van der Waals surface area (Å²) in [4.78, 5) is 23.5. The molecule has 1 heterocycles. The quantitative estimate of drug-likeness (QED) is 0.635. The highest BCUT2D eigenvalue weighted by atomic mass is 35.5. The summed E-state index contributed by atoms with van der Waals surface area (Å²) >= 11 is 6.19. The zero-order chi connectivity index (χ0) is 19.4. The van der Waals surface area contributed by atoms with Gasteiger partial charge >= 0.3 is 5.63 Å². The van der Waals surface area contributed by atoms with Crippen molar-refractivity contribution in [2.45, 2.75) is 13.0 Å². The number of hydrogen-bond donors (Lipinski definition) is 2. The molecule has 0 bridgehead atoms. The predicted molar refractivity (Wildman–Crippen MR) is 102 cm³/mol. The Labute approximate surface area is 160 Å². The van der Waals surface area contributed by atoms with Crippen LogP contribution in [0.4, 0.5) is 0 Å². The van der Waals surface area contributed by atoms with Crippen molar-refractivity contribution < 1.29 is 19.1 Å². The third-order valence-electron chi connectivity index (χ3n) is 4.04. The van der Waals surface area contributed by atoms with Crippen LogP contribution in [0.25, 0.3) is 11.0 Å². The van der Waals surface area contributed by atoms with Crippen LogP contribution in [0.5, 0.6) is 5.75 Å². The maximum atomic E-state index is 12.0. The number of nitrogens with one attached hydrogen (secondary N) is 1. The summed E-state index contributed by atoms with van der Waals surface area (Å²) < 4.78 is 10.6. The first-order valence-corrected chi connectivity index (χ1v) is 8.68. The summed E-state index contributed by atoms with van der Waals surface area (Å²) in [7, 11) is 0. The normalized spacial score (nSPS) is 12.0. The lowest BCUT2D eigenvalue weighted by molar-refractivity contribution is -0.123. The van der Waals surface area contributed by atoms with Crippen molar-refractivity contribution in [3.8, 4) is 5.75 Å². The molecule has 0 radical (unpaired) electrons. The van der Waals surface area contributed by atoms with Crippen LogP contribution < -0.4 is 15.7 Å². The highest BCUT2D eigenvalue weighted by Gasteiger charge is 2.12. The predicted octanol–water partition coefficient (Wildman–Crippen LogP) is 2.98. The van der Waals surface area contributed by atoms with Crippen molar-refractivity contribution in [3.63, 3.8) is 0 Å². The fourth-order valence-corrected chi connectivity index (χ4v) is 2.85. The van der Waals surface area contributed by atoms with Crippen molar-refractivity contribution in [1.29, 1.82) is 0 Å². The van der Waals surface area contributed by atoms with Gasteiger partial charge in [0.05, 0.1) is 11.1 Å². The first-order chi connectivity index (χ1) is 12.9. The van der Waals surface area contributed by atoms with Gasteiger partial charge in [0.2, 0.25) is 0 Å². The lowest BCUT2D eigenvalue weighted by atomic mass is 10.1. The Morgan fingerprint density at radius 2 is 2.00 bits per heavy atom. The number of carbonyl (C=O) groups is 1. The second-order valence-corrected chi connectivity index (χ2v) is 6.45. The standard InChI is InChI=1S/C20H18ClNO5/c1-12-7-20(25)27-17-9-18(15(21)8-14(12)17)26-11-19(24)22-10-16(23)13-5-3-2-4-6-13/h2-9,16,23H,10-11H2,1H3,(H,22,24)/t16-/m0/s1. The fraction of sp³-hybridized carbons (Fsp3) is 0.200. The van der Waals surface area contributed by atoms with E-state index in [1.807, 2.05) is 18.2 Å². The minimum Gasteiger partial charge on any atom is -0.482 e. The van der Waals surface area contributed by atoms with Gasteiger partial charge in [0, 0.05) is 24.1 Å². The van der Waals surface area contributed by atoms with Gasteiger partial charge in [-0.05, 0) is 24.1 Å². The molecule has 0 aliphatic carbocycles. The molecule has 1 atom stereocenters. The van der Waals surface area contributed by atoms with Crippen LogP contribution in [0.1, 0.15) is 17.2 Å². The number of rotatable bonds is 6. The van der Waals surface area contributed by atoms with Crippen molar-refractivity contribution in [2.75, 3.05) is 13.2 Å². The van der Waals surface area contributed by atoms with E-state index in [0.717, 1.165) is 5.56 Å². The van der Waals surface area contributed by atoms with Crippen LogP contribution in [-0.4, -0.2) is 24.2 Å². The van der Waals surface area contributed by atoms with Gasteiger partial charge in [0.15, 0.2) is 6.61 Å². The van der Waals surface area contributed by atoms with E-state index in [4.69, 9.17) is 20.8 Å². The SMILES string of the molecule is Cc1cc(=O)oc2cc(OCC(=O)NC[C@H](O)c3ccccc3)c(Cl)cc12. The van der Waals surface area contributed by atoms with Gasteiger partial charge in [0.25, 0.3) is 5.91 Å². The summed E-state index contributed by atoms with van der Waals surface area (Å²) in [6.45, 7) is 1.55. The number of hydrogen-bond acceptors (Lipinski definition) is 5. The summed E-state index contributed by atoms with van der Waals surface area (Å²) in [6.07, 6.45) is -0.809. The second-order valence-electron chi connectivity index (χ2n) is 6.05. The zero-order valence-electron chi connectivity index (χ0n) is 14.6. The number of fused-ring (bicyclic) bond motifs is 1. The van der Waals surface area contributed by atoms with Crippen LogP contribution in [0, 0.1) is 6.92 Å². The highest BCUT2D eigenvalue weighted by Crippen LogP contribution is 2.30. The molecule has 3 aromatic rings. The first kappa shape index (κ1) is 18.9. The van der Waals surface area contributed by atoms with Gasteiger partial charge in [-0.1, -0.05) is 41.9 Å². The molecule has 7 heteroatoms. The van der Waals surface area contributed by atoms with E-state index in [2.05, 4.69) is 5.32 Å². The van der Waals surface area contributed by atoms with Crippen LogP contribution in [-0.2, 0) is 4.79 Å². The van der Waals surface area contributed by atoms with Crippen molar-refractivity contribution in [2.24, 2.45) is 0 Å². The maximum absolute atomic E-state index is 12.0. The van der Waals surface area contributed by atoms with Crippen molar-refractivity contribution >= 4 is 28.5 Å². The van der Waals surface area contributed by atoms with Crippen molar-refractivity contribution in [3.05, 3.63) is 75.1 Å². The van der Waals surface area contributed by atoms with Crippen LogP contribution in [0.2, 0.25) is 5.02 Å². The highest BCUT2D eigenvalue weighted by molar-refractivity contribution is 6.32. The third-order valence-corrected chi connectivity index (χ3v) is 4.33. The zero-order valence-corrected chi connectivity index (χ0v) is 15.3. The van der Waals surface area contributed by atoms with E-state index in [1.54, 1.807) is 25.1 Å². The Bertz CT molecular complexity index is 1020. The number of aryl methyl sites for hydroxylation is 1. The van der Waals surface area contributed by atoms with E-state index in [9.17, 15) is 14.7 Å². The van der Waals surface area contributed by atoms with Crippen LogP contribution in [0.15, 0.2) is 57.7 Å². The molecule has 1 aromatic heterocycles. The number of amides is 1. The molecule has 0 fully saturated rings. The topological polar surface area (TPSA) is 88.8 Å². The molecule has 3 rings (SSSR count). The van der Waals surface area contributed by atoms with Crippen molar-refractivity contribution in [1.82, 2.24) is 5.32 Å². The van der Waals surface area contributed by atoms with Gasteiger partial charge in [0.1, 0.15) is 11.3 Å². The molecule has 0 aliphatic heterocycles. The van der Waals surface area contributed by atoms with Crippen LogP contribution >= 0.6 is 11.6 Å². The van der Waals surface area contributed by atoms with Gasteiger partial charge in [-0.2, -0.15) is 0 Å². The van der Waals surface area contributed by atoms with Crippen LogP contribution in [0.3, 0.4) is 0 Å². The molecule has 6 nitrogen and oxygen atoms in total. The molecule has 0 unspecified atom stereocenters. The molecule has 2 N–H and O–H groups in total. The number of ether oxygens (including phenoxy) is 1. The van der Waals surface area contributed by atoms with E-state index >= 15 is 0 Å². The lowest BCUT2D eigenvalue weighted by Crippen LogP contribution is -2.32. The van der Waals surface area contributed by atoms with Gasteiger partial charge < -0.3 is 19.6 Å². The minimum absolute atomic E-state index is 0.0612. The summed E-state index contributed by atoms with van der Waals surface area (Å²) in [5, 5.41) is 13.6. The molecule has 27 heavy (non-hydrogen) atoms. The average molecular weight is 388 g/mol. The molecule has 0 spiro atoms. The molecular weight excluding hydrogens is 370 g/mol. The Hall–Kier alpha value is -2.83. The van der Waals surface area contributed by atoms with E-state index in [-0.39, 0.29) is 18.9 Å². The largest absolute Gasteiger partial charge is 0.482 e. The number of aliphatic hydroxyl groups excluding tert-OH is 1. The smallest absolute Gasteiger partial charge is 0.336 e. The third kappa shape index (κ3) is 4.67. The molecule has 2 aromatic carbocycles. The van der Waals surface area contributed by atoms with E-state index < -0.39 is 17.6 Å². The Kier molecular flexibility index (Phi) is 5.78. The maximum Gasteiger partial charge on any atom is 0.336 e. The molecule has 1 amide bonds. The molecular formula is C20H18ClNO5. The number of carbonyl (C=O) groups excluding carboxylic acids is 1. The molecule has 140 valence electrons. The van der Waals surface area contributed by atoms with Gasteiger partial charge in [-0.15, -0.1) is 0 Å². The number of aliphatic hydroxyl groups is 1. The summed E-state index contributed by atoms with van der Waals surface area (Å²) in [5.41, 5.74) is 1.31. The van der Waals surface area contributed by atoms with E-state index in [0.29, 0.717) is 21.6 Å². The molecule has 0 aliphatic rings. The molecule has 0 saturated carbocycles.